The average molecular weight is 200 g/mol. The fraction of sp³-hybridized carbons (Fsp3) is 0.333. The second-order valence-electron chi connectivity index (χ2n) is 4.13. The molecule has 76 valence electrons. The lowest BCUT2D eigenvalue weighted by Crippen LogP contribution is -2.00. The van der Waals surface area contributed by atoms with E-state index in [0.717, 1.165) is 17.3 Å². The Labute approximate surface area is 87.7 Å². The number of para-hydroxylation sites is 1. The summed E-state index contributed by atoms with van der Waals surface area (Å²) in [6.45, 7) is 2.07. The number of carbonyl (C=O) groups is 1. The zero-order chi connectivity index (χ0) is 10.4. The molecule has 0 N–H and O–H groups in total. The number of nitrogens with zero attached hydrogens (tertiary/aromatic N) is 2. The van der Waals surface area contributed by atoms with Crippen LogP contribution in [0, 0.1) is 6.92 Å². The van der Waals surface area contributed by atoms with Crippen LogP contribution in [0.5, 0.6) is 0 Å². The molecule has 0 aliphatic heterocycles. The zero-order valence-corrected chi connectivity index (χ0v) is 8.60. The predicted octanol–water partition coefficient (Wildman–Crippen LogP) is 2.49. The van der Waals surface area contributed by atoms with Crippen molar-refractivity contribution in [3.8, 4) is 0 Å². The van der Waals surface area contributed by atoms with Crippen LogP contribution in [0.15, 0.2) is 18.2 Å². The molecule has 0 unspecified atom stereocenters. The smallest absolute Gasteiger partial charge is 0.185 e. The van der Waals surface area contributed by atoms with Crippen molar-refractivity contribution in [2.75, 3.05) is 0 Å². The van der Waals surface area contributed by atoms with Gasteiger partial charge in [-0.25, -0.2) is 4.98 Å². The van der Waals surface area contributed by atoms with Crippen molar-refractivity contribution >= 4 is 17.3 Å². The Hall–Kier alpha value is -1.64. The Kier molecular flexibility index (Phi) is 1.69. The average Bonchev–Trinajstić information content (AvgIpc) is 2.99. The number of imidazole rings is 1. The third kappa shape index (κ3) is 1.19. The molecule has 0 saturated heterocycles. The standard InChI is InChI=1S/C12H12N2O/c1-8-3-2-4-10-12(8)14(9-5-6-9)11(7-15)13-10/h2-4,7,9H,5-6H2,1H3. The van der Waals surface area contributed by atoms with Crippen molar-refractivity contribution in [1.82, 2.24) is 9.55 Å². The molecule has 3 rings (SSSR count). The van der Waals surface area contributed by atoms with E-state index in [1.165, 1.54) is 18.4 Å². The van der Waals surface area contributed by atoms with Gasteiger partial charge >= 0.3 is 0 Å². The number of aromatic nitrogens is 2. The highest BCUT2D eigenvalue weighted by molar-refractivity contribution is 5.85. The van der Waals surface area contributed by atoms with Crippen LogP contribution in [0.25, 0.3) is 11.0 Å². The van der Waals surface area contributed by atoms with Crippen molar-refractivity contribution < 1.29 is 4.79 Å². The number of rotatable bonds is 2. The van der Waals surface area contributed by atoms with Gasteiger partial charge in [-0.2, -0.15) is 0 Å². The summed E-state index contributed by atoms with van der Waals surface area (Å²) < 4.78 is 2.09. The molecule has 2 aromatic rings. The maximum absolute atomic E-state index is 11.0. The van der Waals surface area contributed by atoms with Gasteiger partial charge in [-0.1, -0.05) is 12.1 Å². The summed E-state index contributed by atoms with van der Waals surface area (Å²) in [5, 5.41) is 0. The Morgan fingerprint density at radius 1 is 1.47 bits per heavy atom. The van der Waals surface area contributed by atoms with Crippen LogP contribution in [-0.4, -0.2) is 15.8 Å². The first kappa shape index (κ1) is 8.65. The van der Waals surface area contributed by atoms with Gasteiger partial charge in [-0.05, 0) is 31.4 Å². The molecule has 0 spiro atoms. The van der Waals surface area contributed by atoms with E-state index in [0.29, 0.717) is 11.9 Å². The van der Waals surface area contributed by atoms with Crippen LogP contribution in [0.1, 0.15) is 35.1 Å². The minimum atomic E-state index is 0.497. The molecule has 0 amide bonds. The Morgan fingerprint density at radius 3 is 2.93 bits per heavy atom. The second-order valence-corrected chi connectivity index (χ2v) is 4.13. The predicted molar refractivity (Wildman–Crippen MR) is 58.1 cm³/mol. The summed E-state index contributed by atoms with van der Waals surface area (Å²) >= 11 is 0. The van der Waals surface area contributed by atoms with E-state index >= 15 is 0 Å². The van der Waals surface area contributed by atoms with Gasteiger partial charge in [0.15, 0.2) is 12.1 Å². The molecule has 15 heavy (non-hydrogen) atoms. The highest BCUT2D eigenvalue weighted by Gasteiger charge is 2.28. The van der Waals surface area contributed by atoms with Crippen LogP contribution in [0.2, 0.25) is 0 Å². The Balaban J connectivity index is 2.40. The highest BCUT2D eigenvalue weighted by Crippen LogP contribution is 2.38. The molecule has 0 atom stereocenters. The lowest BCUT2D eigenvalue weighted by atomic mass is 10.2. The van der Waals surface area contributed by atoms with Crippen molar-refractivity contribution in [3.63, 3.8) is 0 Å². The van der Waals surface area contributed by atoms with Crippen molar-refractivity contribution in [3.05, 3.63) is 29.6 Å². The maximum atomic E-state index is 11.0. The second kappa shape index (κ2) is 2.92. The molecule has 1 saturated carbocycles. The molecule has 1 aliphatic carbocycles. The summed E-state index contributed by atoms with van der Waals surface area (Å²) in [7, 11) is 0. The van der Waals surface area contributed by atoms with Crippen LogP contribution >= 0.6 is 0 Å². The zero-order valence-electron chi connectivity index (χ0n) is 8.60. The largest absolute Gasteiger partial charge is 0.318 e. The third-order valence-electron chi connectivity index (χ3n) is 2.96. The minimum absolute atomic E-state index is 0.497. The van der Waals surface area contributed by atoms with Gasteiger partial charge < -0.3 is 4.57 Å². The summed E-state index contributed by atoms with van der Waals surface area (Å²) in [4.78, 5) is 15.3. The number of benzene rings is 1. The van der Waals surface area contributed by atoms with Crippen molar-refractivity contribution in [2.24, 2.45) is 0 Å². The maximum Gasteiger partial charge on any atom is 0.185 e. The van der Waals surface area contributed by atoms with Gasteiger partial charge in [0.25, 0.3) is 0 Å². The molecule has 0 bridgehead atoms. The van der Waals surface area contributed by atoms with Gasteiger partial charge in [0.2, 0.25) is 0 Å². The normalized spacial score (nSPS) is 15.8. The fourth-order valence-electron chi connectivity index (χ4n) is 2.12. The van der Waals surface area contributed by atoms with Crippen LogP contribution < -0.4 is 0 Å². The first-order valence-electron chi connectivity index (χ1n) is 5.24. The van der Waals surface area contributed by atoms with E-state index in [1.807, 2.05) is 12.1 Å². The van der Waals surface area contributed by atoms with E-state index in [4.69, 9.17) is 0 Å². The summed E-state index contributed by atoms with van der Waals surface area (Å²) in [5.41, 5.74) is 3.26. The number of carbonyl (C=O) groups excluding carboxylic acids is 1. The summed E-state index contributed by atoms with van der Waals surface area (Å²) in [6.07, 6.45) is 3.19. The monoisotopic (exact) mass is 200 g/mol. The molecular weight excluding hydrogens is 188 g/mol. The number of aldehydes is 1. The molecule has 1 fully saturated rings. The highest BCUT2D eigenvalue weighted by atomic mass is 16.1. The van der Waals surface area contributed by atoms with Crippen LogP contribution in [0.3, 0.4) is 0 Å². The van der Waals surface area contributed by atoms with E-state index in [-0.39, 0.29) is 0 Å². The lowest BCUT2D eigenvalue weighted by Gasteiger charge is -2.05. The molecular formula is C12H12N2O. The van der Waals surface area contributed by atoms with Crippen LogP contribution in [0.4, 0.5) is 0 Å². The molecule has 3 heteroatoms. The fourth-order valence-corrected chi connectivity index (χ4v) is 2.12. The van der Waals surface area contributed by atoms with Gasteiger partial charge in [-0.15, -0.1) is 0 Å². The minimum Gasteiger partial charge on any atom is -0.318 e. The summed E-state index contributed by atoms with van der Waals surface area (Å²) in [6, 6.07) is 6.51. The number of hydrogen-bond acceptors (Lipinski definition) is 2. The quantitative estimate of drug-likeness (QED) is 0.698. The number of hydrogen-bond donors (Lipinski definition) is 0. The summed E-state index contributed by atoms with van der Waals surface area (Å²) in [5.74, 6) is 0.571. The molecule has 0 radical (unpaired) electrons. The van der Waals surface area contributed by atoms with E-state index < -0.39 is 0 Å². The van der Waals surface area contributed by atoms with E-state index in [2.05, 4.69) is 22.5 Å². The van der Waals surface area contributed by atoms with Crippen molar-refractivity contribution in [2.45, 2.75) is 25.8 Å². The van der Waals surface area contributed by atoms with Gasteiger partial charge in [0.1, 0.15) is 0 Å². The topological polar surface area (TPSA) is 34.9 Å². The lowest BCUT2D eigenvalue weighted by molar-refractivity contribution is 0.111. The van der Waals surface area contributed by atoms with Gasteiger partial charge in [0, 0.05) is 6.04 Å². The Bertz CT molecular complexity index is 538. The van der Waals surface area contributed by atoms with Gasteiger partial charge in [-0.3, -0.25) is 4.79 Å². The molecule has 3 nitrogen and oxygen atoms in total. The first-order chi connectivity index (χ1) is 7.31. The molecule has 1 heterocycles. The Morgan fingerprint density at radius 2 is 2.27 bits per heavy atom. The third-order valence-corrected chi connectivity index (χ3v) is 2.96. The first-order valence-corrected chi connectivity index (χ1v) is 5.24. The van der Waals surface area contributed by atoms with Crippen molar-refractivity contribution in [1.29, 1.82) is 0 Å². The molecule has 1 aliphatic rings. The van der Waals surface area contributed by atoms with Gasteiger partial charge in [0.05, 0.1) is 11.0 Å². The number of aryl methyl sites for hydroxylation is 1. The van der Waals surface area contributed by atoms with Crippen LogP contribution in [-0.2, 0) is 0 Å². The SMILES string of the molecule is Cc1cccc2nc(C=O)n(C3CC3)c12. The molecule has 1 aromatic heterocycles. The number of fused-ring (bicyclic) bond motifs is 1. The molecule has 1 aromatic carbocycles. The van der Waals surface area contributed by atoms with E-state index in [1.54, 1.807) is 0 Å². The van der Waals surface area contributed by atoms with E-state index in [9.17, 15) is 4.79 Å².